The van der Waals surface area contributed by atoms with E-state index in [0.717, 1.165) is 12.1 Å². The molecule has 18 heavy (non-hydrogen) atoms. The third-order valence-corrected chi connectivity index (χ3v) is 4.57. The highest BCUT2D eigenvalue weighted by molar-refractivity contribution is 5.87. The van der Waals surface area contributed by atoms with Crippen molar-refractivity contribution in [1.82, 2.24) is 5.32 Å². The van der Waals surface area contributed by atoms with E-state index in [1.54, 1.807) is 12.1 Å². The van der Waals surface area contributed by atoms with Gasteiger partial charge in [-0.1, -0.05) is 18.6 Å². The number of nitrogens with one attached hydrogen (secondary N) is 1. The van der Waals surface area contributed by atoms with Crippen molar-refractivity contribution in [3.05, 3.63) is 35.4 Å². The Balaban J connectivity index is 1.47. The Morgan fingerprint density at radius 3 is 2.44 bits per heavy atom. The summed E-state index contributed by atoms with van der Waals surface area (Å²) in [7, 11) is 0. The first-order chi connectivity index (χ1) is 8.67. The van der Waals surface area contributed by atoms with Gasteiger partial charge >= 0.3 is 5.97 Å². The lowest BCUT2D eigenvalue weighted by molar-refractivity contribution is -0.00264. The Morgan fingerprint density at radius 1 is 1.28 bits per heavy atom. The molecule has 2 N–H and O–H groups in total. The molecule has 3 rings (SSSR count). The molecule has 2 saturated carbocycles. The predicted octanol–water partition coefficient (Wildman–Crippen LogP) is 2.81. The summed E-state index contributed by atoms with van der Waals surface area (Å²) in [6.07, 6.45) is 6.95. The molecule has 0 heterocycles. The highest BCUT2D eigenvalue weighted by Crippen LogP contribution is 2.55. The van der Waals surface area contributed by atoms with Crippen LogP contribution < -0.4 is 5.32 Å². The van der Waals surface area contributed by atoms with Crippen LogP contribution in [0.5, 0.6) is 0 Å². The van der Waals surface area contributed by atoms with Gasteiger partial charge in [0.05, 0.1) is 5.56 Å². The monoisotopic (exact) mass is 245 g/mol. The zero-order chi connectivity index (χ0) is 12.6. The first kappa shape index (κ1) is 11.7. The summed E-state index contributed by atoms with van der Waals surface area (Å²) >= 11 is 0. The lowest BCUT2D eigenvalue weighted by atomic mass is 9.54. The van der Waals surface area contributed by atoms with Gasteiger partial charge in [0.15, 0.2) is 0 Å². The Bertz CT molecular complexity index is 440. The number of aromatic carboxylic acids is 1. The van der Waals surface area contributed by atoms with Crippen molar-refractivity contribution in [3.63, 3.8) is 0 Å². The molecule has 1 spiro atoms. The zero-order valence-corrected chi connectivity index (χ0v) is 10.5. The fourth-order valence-corrected chi connectivity index (χ4v) is 3.24. The zero-order valence-electron chi connectivity index (χ0n) is 10.5. The summed E-state index contributed by atoms with van der Waals surface area (Å²) in [6.45, 7) is 0.848. The molecule has 0 saturated heterocycles. The molecule has 2 fully saturated rings. The van der Waals surface area contributed by atoms with E-state index in [2.05, 4.69) is 5.32 Å². The van der Waals surface area contributed by atoms with Gasteiger partial charge in [0.25, 0.3) is 0 Å². The maximum Gasteiger partial charge on any atom is 0.335 e. The Kier molecular flexibility index (Phi) is 2.86. The van der Waals surface area contributed by atoms with Gasteiger partial charge in [-0.2, -0.15) is 0 Å². The van der Waals surface area contributed by atoms with E-state index in [9.17, 15) is 4.79 Å². The molecular formula is C15H19NO2. The molecule has 1 aromatic carbocycles. The van der Waals surface area contributed by atoms with Crippen molar-refractivity contribution in [2.24, 2.45) is 5.41 Å². The summed E-state index contributed by atoms with van der Waals surface area (Å²) in [5.74, 6) is -0.861. The average molecular weight is 245 g/mol. The molecule has 0 bridgehead atoms. The Morgan fingerprint density at radius 2 is 1.94 bits per heavy atom. The van der Waals surface area contributed by atoms with E-state index in [1.165, 1.54) is 32.1 Å². The van der Waals surface area contributed by atoms with Crippen molar-refractivity contribution in [2.75, 3.05) is 0 Å². The standard InChI is InChI=1S/C15H19NO2/c17-14(18)12-4-2-11(3-5-12)10-16-13-8-15(9-13)6-1-7-15/h2-5,13,16H,1,6-10H2,(H,17,18). The van der Waals surface area contributed by atoms with Crippen molar-refractivity contribution >= 4 is 5.97 Å². The summed E-state index contributed by atoms with van der Waals surface area (Å²) < 4.78 is 0. The summed E-state index contributed by atoms with van der Waals surface area (Å²) in [6, 6.07) is 7.81. The highest BCUT2D eigenvalue weighted by Gasteiger charge is 2.47. The first-order valence-corrected chi connectivity index (χ1v) is 6.73. The largest absolute Gasteiger partial charge is 0.478 e. The third kappa shape index (κ3) is 2.15. The van der Waals surface area contributed by atoms with Gasteiger partial charge in [0.2, 0.25) is 0 Å². The molecule has 0 unspecified atom stereocenters. The van der Waals surface area contributed by atoms with Gasteiger partial charge in [-0.05, 0) is 48.8 Å². The van der Waals surface area contributed by atoms with Gasteiger partial charge in [-0.15, -0.1) is 0 Å². The molecule has 3 nitrogen and oxygen atoms in total. The van der Waals surface area contributed by atoms with E-state index >= 15 is 0 Å². The van der Waals surface area contributed by atoms with E-state index in [0.29, 0.717) is 17.0 Å². The van der Waals surface area contributed by atoms with Crippen LogP contribution in [-0.4, -0.2) is 17.1 Å². The minimum Gasteiger partial charge on any atom is -0.478 e. The van der Waals surface area contributed by atoms with Crippen LogP contribution in [0.2, 0.25) is 0 Å². The molecule has 96 valence electrons. The predicted molar refractivity (Wildman–Crippen MR) is 69.5 cm³/mol. The SMILES string of the molecule is O=C(O)c1ccc(CNC2CC3(CCC3)C2)cc1. The van der Waals surface area contributed by atoms with Gasteiger partial charge in [0, 0.05) is 12.6 Å². The first-order valence-electron chi connectivity index (χ1n) is 6.73. The molecular weight excluding hydrogens is 226 g/mol. The molecule has 2 aliphatic rings. The van der Waals surface area contributed by atoms with Crippen LogP contribution in [0.4, 0.5) is 0 Å². The van der Waals surface area contributed by atoms with Crippen LogP contribution >= 0.6 is 0 Å². The van der Waals surface area contributed by atoms with Crippen molar-refractivity contribution < 1.29 is 9.90 Å². The molecule has 0 amide bonds. The number of carboxylic acid groups (broad SMARTS) is 1. The second-order valence-electron chi connectivity index (χ2n) is 5.84. The van der Waals surface area contributed by atoms with E-state index < -0.39 is 5.97 Å². The van der Waals surface area contributed by atoms with Crippen LogP contribution in [0.1, 0.15) is 48.0 Å². The fraction of sp³-hybridized carbons (Fsp3) is 0.533. The minimum absolute atomic E-state index is 0.357. The van der Waals surface area contributed by atoms with Crippen molar-refractivity contribution in [1.29, 1.82) is 0 Å². The second kappa shape index (κ2) is 4.39. The van der Waals surface area contributed by atoms with Gasteiger partial charge < -0.3 is 10.4 Å². The summed E-state index contributed by atoms with van der Waals surface area (Å²) in [5.41, 5.74) is 2.23. The van der Waals surface area contributed by atoms with Gasteiger partial charge in [-0.25, -0.2) is 4.79 Å². The quantitative estimate of drug-likeness (QED) is 0.857. The number of hydrogen-bond donors (Lipinski definition) is 2. The second-order valence-corrected chi connectivity index (χ2v) is 5.84. The Labute approximate surface area is 107 Å². The normalized spacial score (nSPS) is 21.3. The number of carboxylic acids is 1. The van der Waals surface area contributed by atoms with Crippen LogP contribution in [-0.2, 0) is 6.54 Å². The highest BCUT2D eigenvalue weighted by atomic mass is 16.4. The van der Waals surface area contributed by atoms with Crippen LogP contribution in [0, 0.1) is 5.41 Å². The van der Waals surface area contributed by atoms with Crippen molar-refractivity contribution in [3.8, 4) is 0 Å². The topological polar surface area (TPSA) is 49.3 Å². The molecule has 1 aromatic rings. The maximum absolute atomic E-state index is 10.7. The number of hydrogen-bond acceptors (Lipinski definition) is 2. The van der Waals surface area contributed by atoms with E-state index in [1.807, 2.05) is 12.1 Å². The molecule has 0 atom stereocenters. The van der Waals surface area contributed by atoms with Gasteiger partial charge in [-0.3, -0.25) is 0 Å². The molecule has 2 aliphatic carbocycles. The number of carbonyl (C=O) groups is 1. The minimum atomic E-state index is -0.861. The van der Waals surface area contributed by atoms with E-state index in [-0.39, 0.29) is 0 Å². The summed E-state index contributed by atoms with van der Waals surface area (Å²) in [4.78, 5) is 10.7. The smallest absolute Gasteiger partial charge is 0.335 e. The summed E-state index contributed by atoms with van der Waals surface area (Å²) in [5, 5.41) is 12.4. The number of benzene rings is 1. The van der Waals surface area contributed by atoms with E-state index in [4.69, 9.17) is 5.11 Å². The van der Waals surface area contributed by atoms with Gasteiger partial charge in [0.1, 0.15) is 0 Å². The Hall–Kier alpha value is -1.35. The van der Waals surface area contributed by atoms with Crippen LogP contribution in [0.25, 0.3) is 0 Å². The molecule has 3 heteroatoms. The third-order valence-electron chi connectivity index (χ3n) is 4.57. The molecule has 0 radical (unpaired) electrons. The van der Waals surface area contributed by atoms with Crippen LogP contribution in [0.15, 0.2) is 24.3 Å². The average Bonchev–Trinajstić information content (AvgIpc) is 2.25. The fourth-order valence-electron chi connectivity index (χ4n) is 3.24. The molecule has 0 aromatic heterocycles. The lowest BCUT2D eigenvalue weighted by Gasteiger charge is -2.54. The van der Waals surface area contributed by atoms with Crippen LogP contribution in [0.3, 0.4) is 0 Å². The number of rotatable bonds is 4. The van der Waals surface area contributed by atoms with Crippen molar-refractivity contribution in [2.45, 2.75) is 44.7 Å². The lowest BCUT2D eigenvalue weighted by Crippen LogP contribution is -2.51. The maximum atomic E-state index is 10.7. The molecule has 0 aliphatic heterocycles.